The van der Waals surface area contributed by atoms with E-state index in [4.69, 9.17) is 11.6 Å². The molecule has 1 fully saturated rings. The zero-order valence-corrected chi connectivity index (χ0v) is 22.2. The van der Waals surface area contributed by atoms with Gasteiger partial charge in [-0.2, -0.15) is 0 Å². The molecular formula is C26H37ClN6O2. The van der Waals surface area contributed by atoms with Crippen molar-refractivity contribution in [3.63, 3.8) is 0 Å². The van der Waals surface area contributed by atoms with E-state index in [0.717, 1.165) is 36.5 Å². The zero-order chi connectivity index (χ0) is 25.6. The van der Waals surface area contributed by atoms with E-state index in [1.54, 1.807) is 4.90 Å². The van der Waals surface area contributed by atoms with E-state index in [9.17, 15) is 9.59 Å². The largest absolute Gasteiger partial charge is 0.353 e. The van der Waals surface area contributed by atoms with Crippen LogP contribution in [0.15, 0.2) is 36.4 Å². The summed E-state index contributed by atoms with van der Waals surface area (Å²) in [4.78, 5) is 31.7. The molecule has 2 heterocycles. The van der Waals surface area contributed by atoms with Crippen LogP contribution in [0.4, 0.5) is 10.6 Å². The molecule has 1 atom stereocenters. The molecule has 1 aromatic heterocycles. The van der Waals surface area contributed by atoms with Crippen molar-refractivity contribution in [2.75, 3.05) is 37.6 Å². The number of benzene rings is 1. The fourth-order valence-corrected chi connectivity index (χ4v) is 4.22. The van der Waals surface area contributed by atoms with Gasteiger partial charge < -0.3 is 20.0 Å². The van der Waals surface area contributed by atoms with Gasteiger partial charge in [-0.25, -0.2) is 4.79 Å². The first-order chi connectivity index (χ1) is 16.6. The number of urea groups is 1. The minimum absolute atomic E-state index is 0.0308. The SMILES string of the molecule is CC[C@@H](C)N(CC(=O)N1CCCN(c2ccc(-c3ccccc3Cl)nn2)CC1)C(=O)NC(C)(C)C. The van der Waals surface area contributed by atoms with Crippen LogP contribution in [0.5, 0.6) is 0 Å². The first kappa shape index (κ1) is 26.7. The third-order valence-electron chi connectivity index (χ3n) is 6.14. The molecule has 1 aliphatic rings. The quantitative estimate of drug-likeness (QED) is 0.634. The maximum atomic E-state index is 13.2. The van der Waals surface area contributed by atoms with Crippen LogP contribution in [0.2, 0.25) is 5.02 Å². The summed E-state index contributed by atoms with van der Waals surface area (Å²) in [6.07, 6.45) is 1.60. The topological polar surface area (TPSA) is 81.7 Å². The van der Waals surface area contributed by atoms with Gasteiger partial charge in [0, 0.05) is 43.3 Å². The Labute approximate surface area is 213 Å². The van der Waals surface area contributed by atoms with E-state index < -0.39 is 0 Å². The summed E-state index contributed by atoms with van der Waals surface area (Å²) in [5.41, 5.74) is 1.21. The molecular weight excluding hydrogens is 464 g/mol. The van der Waals surface area contributed by atoms with Gasteiger partial charge in [-0.05, 0) is 58.7 Å². The first-order valence-electron chi connectivity index (χ1n) is 12.3. The lowest BCUT2D eigenvalue weighted by Gasteiger charge is -2.33. The molecule has 35 heavy (non-hydrogen) atoms. The van der Waals surface area contributed by atoms with Gasteiger partial charge in [0.1, 0.15) is 6.54 Å². The molecule has 1 N–H and O–H groups in total. The lowest BCUT2D eigenvalue weighted by Crippen LogP contribution is -2.54. The Kier molecular flexibility index (Phi) is 8.94. The maximum absolute atomic E-state index is 13.2. The van der Waals surface area contributed by atoms with Crippen LogP contribution in [0, 0.1) is 0 Å². The molecule has 0 unspecified atom stereocenters. The molecule has 1 saturated heterocycles. The summed E-state index contributed by atoms with van der Waals surface area (Å²) < 4.78 is 0. The van der Waals surface area contributed by atoms with Crippen molar-refractivity contribution in [1.82, 2.24) is 25.3 Å². The lowest BCUT2D eigenvalue weighted by molar-refractivity contribution is -0.132. The van der Waals surface area contributed by atoms with Gasteiger partial charge in [0.2, 0.25) is 5.91 Å². The molecule has 1 aromatic carbocycles. The van der Waals surface area contributed by atoms with Crippen LogP contribution in [-0.2, 0) is 4.79 Å². The number of nitrogens with zero attached hydrogens (tertiary/aromatic N) is 5. The molecule has 3 amide bonds. The molecule has 0 aliphatic carbocycles. The Morgan fingerprint density at radius 3 is 2.46 bits per heavy atom. The van der Waals surface area contributed by atoms with Gasteiger partial charge in [-0.1, -0.05) is 36.7 Å². The van der Waals surface area contributed by atoms with Crippen molar-refractivity contribution >= 4 is 29.4 Å². The van der Waals surface area contributed by atoms with Gasteiger partial charge in [-0.15, -0.1) is 10.2 Å². The van der Waals surface area contributed by atoms with Crippen molar-refractivity contribution in [1.29, 1.82) is 0 Å². The number of halogens is 1. The van der Waals surface area contributed by atoms with Crippen molar-refractivity contribution < 1.29 is 9.59 Å². The van der Waals surface area contributed by atoms with Crippen molar-refractivity contribution in [3.8, 4) is 11.3 Å². The number of anilines is 1. The van der Waals surface area contributed by atoms with Crippen LogP contribution >= 0.6 is 11.6 Å². The summed E-state index contributed by atoms with van der Waals surface area (Å²) in [5, 5.41) is 12.4. The third kappa shape index (κ3) is 7.31. The fourth-order valence-electron chi connectivity index (χ4n) is 3.99. The monoisotopic (exact) mass is 500 g/mol. The standard InChI is InChI=1S/C26H37ClN6O2/c1-6-19(2)33(25(35)28-26(3,4)5)18-24(34)32-15-9-14-31(16-17-32)23-13-12-22(29-30-23)20-10-7-8-11-21(20)27/h7-8,10-13,19H,6,9,14-18H2,1-5H3,(H,28,35)/t19-/m1/s1. The first-order valence-corrected chi connectivity index (χ1v) is 12.7. The second-order valence-corrected chi connectivity index (χ2v) is 10.5. The average molecular weight is 501 g/mol. The second kappa shape index (κ2) is 11.7. The zero-order valence-electron chi connectivity index (χ0n) is 21.4. The highest BCUT2D eigenvalue weighted by Crippen LogP contribution is 2.26. The number of aromatic nitrogens is 2. The Morgan fingerprint density at radius 1 is 1.09 bits per heavy atom. The summed E-state index contributed by atoms with van der Waals surface area (Å²) in [6, 6.07) is 11.2. The third-order valence-corrected chi connectivity index (χ3v) is 6.47. The van der Waals surface area contributed by atoms with E-state index >= 15 is 0 Å². The molecule has 2 aromatic rings. The fraction of sp³-hybridized carbons (Fsp3) is 0.538. The van der Waals surface area contributed by atoms with Crippen LogP contribution in [-0.4, -0.2) is 76.2 Å². The van der Waals surface area contributed by atoms with Crippen molar-refractivity contribution in [3.05, 3.63) is 41.4 Å². The van der Waals surface area contributed by atoms with Crippen molar-refractivity contribution in [2.45, 2.75) is 59.0 Å². The van der Waals surface area contributed by atoms with Gasteiger partial charge >= 0.3 is 6.03 Å². The van der Waals surface area contributed by atoms with Gasteiger partial charge in [0.25, 0.3) is 0 Å². The van der Waals surface area contributed by atoms with Crippen LogP contribution in [0.25, 0.3) is 11.3 Å². The number of carbonyl (C=O) groups is 2. The normalized spacial score (nSPS) is 15.4. The lowest BCUT2D eigenvalue weighted by atomic mass is 10.1. The summed E-state index contributed by atoms with van der Waals surface area (Å²) in [5.74, 6) is 0.747. The summed E-state index contributed by atoms with van der Waals surface area (Å²) >= 11 is 6.29. The highest BCUT2D eigenvalue weighted by atomic mass is 35.5. The number of hydrogen-bond acceptors (Lipinski definition) is 5. The Balaban J connectivity index is 1.63. The van der Waals surface area contributed by atoms with E-state index in [2.05, 4.69) is 20.4 Å². The van der Waals surface area contributed by atoms with E-state index in [1.807, 2.05) is 75.9 Å². The van der Waals surface area contributed by atoms with Gasteiger partial charge in [0.15, 0.2) is 5.82 Å². The van der Waals surface area contributed by atoms with Crippen LogP contribution < -0.4 is 10.2 Å². The summed E-state index contributed by atoms with van der Waals surface area (Å²) in [7, 11) is 0. The number of hydrogen-bond donors (Lipinski definition) is 1. The number of amides is 3. The second-order valence-electron chi connectivity index (χ2n) is 10.0. The van der Waals surface area contributed by atoms with Crippen molar-refractivity contribution in [2.24, 2.45) is 0 Å². The predicted octanol–water partition coefficient (Wildman–Crippen LogP) is 4.44. The highest BCUT2D eigenvalue weighted by molar-refractivity contribution is 6.33. The van der Waals surface area contributed by atoms with Gasteiger partial charge in [-0.3, -0.25) is 4.79 Å². The molecule has 0 spiro atoms. The maximum Gasteiger partial charge on any atom is 0.318 e. The molecule has 9 heteroatoms. The van der Waals surface area contributed by atoms with Crippen LogP contribution in [0.1, 0.15) is 47.5 Å². The smallest absolute Gasteiger partial charge is 0.318 e. The average Bonchev–Trinajstić information content (AvgIpc) is 3.08. The predicted molar refractivity (Wildman–Crippen MR) is 141 cm³/mol. The number of nitrogens with one attached hydrogen (secondary N) is 1. The summed E-state index contributed by atoms with van der Waals surface area (Å²) in [6.45, 7) is 12.5. The number of rotatable bonds is 6. The molecule has 0 bridgehead atoms. The van der Waals surface area contributed by atoms with E-state index in [1.165, 1.54) is 0 Å². The Bertz CT molecular complexity index is 1010. The van der Waals surface area contributed by atoms with Gasteiger partial charge in [0.05, 0.1) is 10.7 Å². The molecule has 0 radical (unpaired) electrons. The Morgan fingerprint density at radius 2 is 1.83 bits per heavy atom. The molecule has 8 nitrogen and oxygen atoms in total. The number of carbonyl (C=O) groups excluding carboxylic acids is 2. The minimum Gasteiger partial charge on any atom is -0.353 e. The highest BCUT2D eigenvalue weighted by Gasteiger charge is 2.28. The van der Waals surface area contributed by atoms with E-state index in [-0.39, 0.29) is 30.1 Å². The van der Waals surface area contributed by atoms with Crippen LogP contribution in [0.3, 0.4) is 0 Å². The van der Waals surface area contributed by atoms with E-state index in [0.29, 0.717) is 24.7 Å². The molecule has 190 valence electrons. The molecule has 1 aliphatic heterocycles. The minimum atomic E-state index is -0.364. The molecule has 3 rings (SSSR count). The Hall–Kier alpha value is -2.87. The molecule has 0 saturated carbocycles.